The maximum atomic E-state index is 11.7. The minimum atomic E-state index is -0.293. The normalized spacial score (nSPS) is 20.4. The van der Waals surface area contributed by atoms with Crippen LogP contribution in [0, 0.1) is 5.41 Å². The van der Waals surface area contributed by atoms with Crippen molar-refractivity contribution in [1.29, 1.82) is 0 Å². The predicted molar refractivity (Wildman–Crippen MR) is 53.0 cm³/mol. The Morgan fingerprint density at radius 2 is 2.00 bits per heavy atom. The van der Waals surface area contributed by atoms with Crippen LogP contribution in [0.3, 0.4) is 0 Å². The summed E-state index contributed by atoms with van der Waals surface area (Å²) in [7, 11) is 1.60. The standard InChI is InChI=1S/C10H19NO3/c1-10(3-5-11-6-4-10)9(12)14-8-7-13-2/h11H,3-8H2,1-2H3. The van der Waals surface area contributed by atoms with Crippen molar-refractivity contribution in [2.75, 3.05) is 33.4 Å². The SMILES string of the molecule is COCCOC(=O)C1(C)CCNCC1. The molecule has 0 unspecified atom stereocenters. The Morgan fingerprint density at radius 1 is 1.36 bits per heavy atom. The number of carbonyl (C=O) groups excluding carboxylic acids is 1. The van der Waals surface area contributed by atoms with E-state index in [1.54, 1.807) is 7.11 Å². The molecule has 0 aromatic heterocycles. The van der Waals surface area contributed by atoms with Crippen molar-refractivity contribution >= 4 is 5.97 Å². The summed E-state index contributed by atoms with van der Waals surface area (Å²) >= 11 is 0. The van der Waals surface area contributed by atoms with Crippen molar-refractivity contribution in [2.45, 2.75) is 19.8 Å². The van der Waals surface area contributed by atoms with E-state index in [0.29, 0.717) is 13.2 Å². The van der Waals surface area contributed by atoms with Crippen LogP contribution in [-0.4, -0.2) is 39.4 Å². The fourth-order valence-corrected chi connectivity index (χ4v) is 1.57. The number of nitrogens with one attached hydrogen (secondary N) is 1. The average molecular weight is 201 g/mol. The summed E-state index contributed by atoms with van der Waals surface area (Å²) in [6, 6.07) is 0. The van der Waals surface area contributed by atoms with Gasteiger partial charge < -0.3 is 14.8 Å². The van der Waals surface area contributed by atoms with Gasteiger partial charge in [-0.05, 0) is 32.9 Å². The van der Waals surface area contributed by atoms with Crippen molar-refractivity contribution in [2.24, 2.45) is 5.41 Å². The third-order valence-electron chi connectivity index (χ3n) is 2.72. The van der Waals surface area contributed by atoms with Gasteiger partial charge in [0.05, 0.1) is 12.0 Å². The molecule has 0 aromatic carbocycles. The molecule has 1 N–H and O–H groups in total. The summed E-state index contributed by atoms with van der Waals surface area (Å²) in [6.07, 6.45) is 1.72. The minimum Gasteiger partial charge on any atom is -0.463 e. The zero-order valence-electron chi connectivity index (χ0n) is 8.97. The van der Waals surface area contributed by atoms with E-state index >= 15 is 0 Å². The van der Waals surface area contributed by atoms with Crippen LogP contribution in [0.4, 0.5) is 0 Å². The van der Waals surface area contributed by atoms with Crippen LogP contribution in [-0.2, 0) is 14.3 Å². The maximum Gasteiger partial charge on any atom is 0.311 e. The van der Waals surface area contributed by atoms with Crippen LogP contribution in [0.2, 0.25) is 0 Å². The first kappa shape index (κ1) is 11.5. The molecule has 0 bridgehead atoms. The van der Waals surface area contributed by atoms with Gasteiger partial charge in [0.1, 0.15) is 6.61 Å². The molecule has 1 fully saturated rings. The molecule has 0 spiro atoms. The second-order valence-corrected chi connectivity index (χ2v) is 3.94. The average Bonchev–Trinajstić information content (AvgIpc) is 2.19. The topological polar surface area (TPSA) is 47.6 Å². The van der Waals surface area contributed by atoms with Crippen molar-refractivity contribution < 1.29 is 14.3 Å². The highest BCUT2D eigenvalue weighted by molar-refractivity contribution is 5.76. The third kappa shape index (κ3) is 2.96. The third-order valence-corrected chi connectivity index (χ3v) is 2.72. The highest BCUT2D eigenvalue weighted by atomic mass is 16.6. The Bertz CT molecular complexity index is 188. The smallest absolute Gasteiger partial charge is 0.311 e. The molecule has 1 rings (SSSR count). The van der Waals surface area contributed by atoms with Gasteiger partial charge in [-0.3, -0.25) is 4.79 Å². The number of hydrogen-bond donors (Lipinski definition) is 1. The summed E-state index contributed by atoms with van der Waals surface area (Å²) in [4.78, 5) is 11.7. The van der Waals surface area contributed by atoms with Crippen LogP contribution >= 0.6 is 0 Å². The summed E-state index contributed by atoms with van der Waals surface area (Å²) < 4.78 is 9.96. The van der Waals surface area contributed by atoms with Gasteiger partial charge in [-0.2, -0.15) is 0 Å². The quantitative estimate of drug-likeness (QED) is 0.533. The lowest BCUT2D eigenvalue weighted by atomic mass is 9.81. The molecule has 4 heteroatoms. The molecule has 0 saturated carbocycles. The van der Waals surface area contributed by atoms with E-state index in [9.17, 15) is 4.79 Å². The number of hydrogen-bond acceptors (Lipinski definition) is 4. The monoisotopic (exact) mass is 201 g/mol. The molecule has 0 aliphatic carbocycles. The number of ether oxygens (including phenoxy) is 2. The molecule has 0 aromatic rings. The van der Waals surface area contributed by atoms with Gasteiger partial charge in [-0.25, -0.2) is 0 Å². The molecule has 0 amide bonds. The van der Waals surface area contributed by atoms with Gasteiger partial charge in [0.15, 0.2) is 0 Å². The second kappa shape index (κ2) is 5.32. The zero-order chi connectivity index (χ0) is 10.4. The molecule has 1 aliphatic heterocycles. The lowest BCUT2D eigenvalue weighted by Gasteiger charge is -2.31. The van der Waals surface area contributed by atoms with Gasteiger partial charge in [0, 0.05) is 7.11 Å². The van der Waals surface area contributed by atoms with Crippen LogP contribution in [0.5, 0.6) is 0 Å². The lowest BCUT2D eigenvalue weighted by Crippen LogP contribution is -2.41. The summed E-state index contributed by atoms with van der Waals surface area (Å²) in [5.74, 6) is -0.0870. The molecule has 0 atom stereocenters. The highest BCUT2D eigenvalue weighted by Crippen LogP contribution is 2.29. The maximum absolute atomic E-state index is 11.7. The first-order chi connectivity index (χ1) is 6.69. The first-order valence-corrected chi connectivity index (χ1v) is 5.06. The van der Waals surface area contributed by atoms with Crippen LogP contribution in [0.1, 0.15) is 19.8 Å². The van der Waals surface area contributed by atoms with Crippen LogP contribution in [0.15, 0.2) is 0 Å². The van der Waals surface area contributed by atoms with Gasteiger partial charge in [-0.1, -0.05) is 0 Å². The summed E-state index contributed by atoms with van der Waals surface area (Å²) in [5, 5.41) is 3.23. The predicted octanol–water partition coefficient (Wildman–Crippen LogP) is 0.566. The first-order valence-electron chi connectivity index (χ1n) is 5.06. The Labute approximate surface area is 85.0 Å². The number of esters is 1. The summed E-state index contributed by atoms with van der Waals surface area (Å²) in [5.41, 5.74) is -0.293. The molecule has 82 valence electrons. The number of rotatable bonds is 4. The van der Waals surface area contributed by atoms with Gasteiger partial charge in [-0.15, -0.1) is 0 Å². The van der Waals surface area contributed by atoms with Gasteiger partial charge in [0.2, 0.25) is 0 Å². The van der Waals surface area contributed by atoms with E-state index < -0.39 is 0 Å². The Balaban J connectivity index is 2.33. The van der Waals surface area contributed by atoms with E-state index in [4.69, 9.17) is 9.47 Å². The van der Waals surface area contributed by atoms with Gasteiger partial charge >= 0.3 is 5.97 Å². The molecule has 14 heavy (non-hydrogen) atoms. The van der Waals surface area contributed by atoms with Crippen LogP contribution in [0.25, 0.3) is 0 Å². The number of methoxy groups -OCH3 is 1. The number of piperidine rings is 1. The molecule has 4 nitrogen and oxygen atoms in total. The highest BCUT2D eigenvalue weighted by Gasteiger charge is 2.35. The molecule has 1 heterocycles. The lowest BCUT2D eigenvalue weighted by molar-refractivity contribution is -0.157. The van der Waals surface area contributed by atoms with Gasteiger partial charge in [0.25, 0.3) is 0 Å². The van der Waals surface area contributed by atoms with E-state index in [1.165, 1.54) is 0 Å². The van der Waals surface area contributed by atoms with E-state index in [1.807, 2.05) is 6.92 Å². The molecule has 1 saturated heterocycles. The zero-order valence-corrected chi connectivity index (χ0v) is 8.97. The Hall–Kier alpha value is -0.610. The molecular formula is C10H19NO3. The molecule has 1 aliphatic rings. The van der Waals surface area contributed by atoms with Crippen molar-refractivity contribution in [3.8, 4) is 0 Å². The Kier molecular flexibility index (Phi) is 4.35. The minimum absolute atomic E-state index is 0.0870. The molecular weight excluding hydrogens is 182 g/mol. The van der Waals surface area contributed by atoms with Crippen LogP contribution < -0.4 is 5.32 Å². The Morgan fingerprint density at radius 3 is 2.57 bits per heavy atom. The molecule has 0 radical (unpaired) electrons. The van der Waals surface area contributed by atoms with Crippen molar-refractivity contribution in [3.63, 3.8) is 0 Å². The largest absolute Gasteiger partial charge is 0.463 e. The van der Waals surface area contributed by atoms with E-state index in [2.05, 4.69) is 5.32 Å². The van der Waals surface area contributed by atoms with E-state index in [0.717, 1.165) is 25.9 Å². The van der Waals surface area contributed by atoms with Crippen molar-refractivity contribution in [1.82, 2.24) is 5.32 Å². The summed E-state index contributed by atoms with van der Waals surface area (Å²) in [6.45, 7) is 4.60. The fraction of sp³-hybridized carbons (Fsp3) is 0.900. The van der Waals surface area contributed by atoms with E-state index in [-0.39, 0.29) is 11.4 Å². The van der Waals surface area contributed by atoms with Crippen molar-refractivity contribution in [3.05, 3.63) is 0 Å². The number of carbonyl (C=O) groups is 1. The second-order valence-electron chi connectivity index (χ2n) is 3.94. The fourth-order valence-electron chi connectivity index (χ4n) is 1.57.